The average molecular weight is 399 g/mol. The van der Waals surface area contributed by atoms with E-state index < -0.39 is 0 Å². The van der Waals surface area contributed by atoms with Crippen molar-refractivity contribution >= 4 is 23.2 Å². The number of nitrogens with zero attached hydrogens (tertiary/aromatic N) is 1. The van der Waals surface area contributed by atoms with E-state index in [-0.39, 0.29) is 24.5 Å². The molecule has 1 aliphatic heterocycles. The molecule has 1 atom stereocenters. The molecule has 2 aliphatic rings. The van der Waals surface area contributed by atoms with Gasteiger partial charge in [0.2, 0.25) is 0 Å². The third-order valence-electron chi connectivity index (χ3n) is 5.50. The number of likely N-dealkylation sites (tertiary alicyclic amines) is 1. The fourth-order valence-corrected chi connectivity index (χ4v) is 5.19. The number of carbonyl (C=O) groups excluding carboxylic acids is 2. The lowest BCUT2D eigenvalue weighted by atomic mass is 9.96. The van der Waals surface area contributed by atoms with Crippen molar-refractivity contribution in [3.05, 3.63) is 57.3 Å². The second-order valence-electron chi connectivity index (χ2n) is 7.61. The lowest BCUT2D eigenvalue weighted by Gasteiger charge is -2.17. The van der Waals surface area contributed by atoms with Gasteiger partial charge in [0, 0.05) is 35.9 Å². The van der Waals surface area contributed by atoms with Crippen molar-refractivity contribution in [2.45, 2.75) is 44.7 Å². The molecule has 1 N–H and O–H groups in total. The Balaban J connectivity index is 1.22. The fraction of sp³-hybridized carbons (Fsp3) is 0.455. The molecule has 1 aliphatic carbocycles. The molecule has 1 saturated heterocycles. The van der Waals surface area contributed by atoms with Crippen LogP contribution in [0.4, 0.5) is 0 Å². The summed E-state index contributed by atoms with van der Waals surface area (Å²) < 4.78 is 5.29. The van der Waals surface area contributed by atoms with Crippen LogP contribution in [0.15, 0.2) is 35.7 Å². The molecule has 2 aromatic rings. The Kier molecular flexibility index (Phi) is 6.07. The highest BCUT2D eigenvalue weighted by molar-refractivity contribution is 7.10. The third kappa shape index (κ3) is 4.62. The Morgan fingerprint density at radius 2 is 2.00 bits per heavy atom. The number of hydrogen-bond acceptors (Lipinski definition) is 5. The first-order chi connectivity index (χ1) is 13.7. The van der Waals surface area contributed by atoms with Gasteiger partial charge in [-0.1, -0.05) is 30.3 Å². The zero-order chi connectivity index (χ0) is 19.3. The van der Waals surface area contributed by atoms with Gasteiger partial charge < -0.3 is 10.1 Å². The van der Waals surface area contributed by atoms with Crippen molar-refractivity contribution in [1.29, 1.82) is 0 Å². The Labute approximate surface area is 169 Å². The fourth-order valence-electron chi connectivity index (χ4n) is 4.08. The smallest absolute Gasteiger partial charge is 0.339 e. The van der Waals surface area contributed by atoms with E-state index >= 15 is 0 Å². The summed E-state index contributed by atoms with van der Waals surface area (Å²) in [6.07, 6.45) is 5.22. The van der Waals surface area contributed by atoms with Crippen LogP contribution in [0.1, 0.15) is 45.6 Å². The van der Waals surface area contributed by atoms with E-state index in [0.29, 0.717) is 5.56 Å². The van der Waals surface area contributed by atoms with Crippen LogP contribution >= 0.6 is 11.3 Å². The second-order valence-corrected chi connectivity index (χ2v) is 8.57. The number of esters is 1. The molecule has 0 saturated carbocycles. The summed E-state index contributed by atoms with van der Waals surface area (Å²) in [5.74, 6) is -0.587. The van der Waals surface area contributed by atoms with Crippen LogP contribution in [0.3, 0.4) is 0 Å². The topological polar surface area (TPSA) is 58.6 Å². The van der Waals surface area contributed by atoms with E-state index in [2.05, 4.69) is 22.3 Å². The van der Waals surface area contributed by atoms with Gasteiger partial charge in [0.25, 0.3) is 5.91 Å². The van der Waals surface area contributed by atoms with Gasteiger partial charge in [-0.15, -0.1) is 11.3 Å². The number of amides is 1. The SMILES string of the molecule is O=C(COC(=O)c1csc2c1CCCC2)NC1CCN(Cc2ccccc2)C1. The van der Waals surface area contributed by atoms with Crippen LogP contribution in [0.25, 0.3) is 0 Å². The van der Waals surface area contributed by atoms with Crippen LogP contribution in [0.2, 0.25) is 0 Å². The largest absolute Gasteiger partial charge is 0.452 e. The van der Waals surface area contributed by atoms with Crippen LogP contribution in [0.5, 0.6) is 0 Å². The predicted molar refractivity (Wildman–Crippen MR) is 110 cm³/mol. The normalized spacial score (nSPS) is 19.2. The van der Waals surface area contributed by atoms with Crippen molar-refractivity contribution in [3.63, 3.8) is 0 Å². The molecule has 4 rings (SSSR count). The zero-order valence-corrected chi connectivity index (χ0v) is 16.8. The van der Waals surface area contributed by atoms with E-state index in [9.17, 15) is 9.59 Å². The monoisotopic (exact) mass is 398 g/mol. The number of hydrogen-bond donors (Lipinski definition) is 1. The summed E-state index contributed by atoms with van der Waals surface area (Å²) in [7, 11) is 0. The van der Waals surface area contributed by atoms with Gasteiger partial charge in [0.05, 0.1) is 5.56 Å². The summed E-state index contributed by atoms with van der Waals surface area (Å²) in [5.41, 5.74) is 3.07. The summed E-state index contributed by atoms with van der Waals surface area (Å²) in [6, 6.07) is 10.5. The Bertz CT molecular complexity index is 834. The van der Waals surface area contributed by atoms with E-state index in [1.165, 1.54) is 16.9 Å². The van der Waals surface area contributed by atoms with E-state index in [0.717, 1.165) is 50.9 Å². The summed E-state index contributed by atoms with van der Waals surface area (Å²) in [5, 5.41) is 4.89. The Morgan fingerprint density at radius 3 is 2.86 bits per heavy atom. The third-order valence-corrected chi connectivity index (χ3v) is 6.59. The minimum Gasteiger partial charge on any atom is -0.452 e. The van der Waals surface area contributed by atoms with Gasteiger partial charge in [-0.3, -0.25) is 9.69 Å². The lowest BCUT2D eigenvalue weighted by Crippen LogP contribution is -2.39. The second kappa shape index (κ2) is 8.88. The van der Waals surface area contributed by atoms with Gasteiger partial charge >= 0.3 is 5.97 Å². The van der Waals surface area contributed by atoms with Crippen molar-refractivity contribution in [1.82, 2.24) is 10.2 Å². The van der Waals surface area contributed by atoms with Crippen LogP contribution in [-0.4, -0.2) is 42.5 Å². The maximum absolute atomic E-state index is 12.4. The Morgan fingerprint density at radius 1 is 1.18 bits per heavy atom. The van der Waals surface area contributed by atoms with Crippen molar-refractivity contribution in [2.75, 3.05) is 19.7 Å². The quantitative estimate of drug-likeness (QED) is 0.760. The summed E-state index contributed by atoms with van der Waals surface area (Å²) >= 11 is 1.63. The number of carbonyl (C=O) groups is 2. The van der Waals surface area contributed by atoms with Crippen LogP contribution < -0.4 is 5.32 Å². The number of thiophene rings is 1. The van der Waals surface area contributed by atoms with E-state index in [1.54, 1.807) is 11.3 Å². The minimum absolute atomic E-state index is 0.115. The van der Waals surface area contributed by atoms with Crippen molar-refractivity contribution in [3.8, 4) is 0 Å². The summed E-state index contributed by atoms with van der Waals surface area (Å²) in [6.45, 7) is 2.47. The van der Waals surface area contributed by atoms with Gasteiger partial charge in [-0.05, 0) is 43.2 Å². The molecule has 0 bridgehead atoms. The molecule has 5 nitrogen and oxygen atoms in total. The van der Waals surface area contributed by atoms with E-state index in [1.807, 2.05) is 23.6 Å². The number of rotatable bonds is 6. The zero-order valence-electron chi connectivity index (χ0n) is 16.0. The molecule has 148 valence electrons. The number of nitrogens with one attached hydrogen (secondary N) is 1. The molecule has 0 radical (unpaired) electrons. The van der Waals surface area contributed by atoms with Gasteiger partial charge in [-0.2, -0.15) is 0 Å². The molecule has 0 spiro atoms. The van der Waals surface area contributed by atoms with Crippen LogP contribution in [-0.2, 0) is 28.9 Å². The van der Waals surface area contributed by atoms with Crippen molar-refractivity contribution < 1.29 is 14.3 Å². The number of aryl methyl sites for hydroxylation is 1. The molecule has 1 aromatic carbocycles. The molecule has 2 heterocycles. The van der Waals surface area contributed by atoms with Crippen LogP contribution in [0, 0.1) is 0 Å². The predicted octanol–water partition coefficient (Wildman–Crippen LogP) is 3.17. The standard InChI is InChI=1S/C22H26N2O3S/c25-21(14-27-22(26)19-15-28-20-9-5-4-8-18(19)20)23-17-10-11-24(13-17)12-16-6-2-1-3-7-16/h1-3,6-7,15,17H,4-5,8-14H2,(H,23,25). The number of benzene rings is 1. The highest BCUT2D eigenvalue weighted by atomic mass is 32.1. The average Bonchev–Trinajstić information content (AvgIpc) is 3.34. The molecule has 1 amide bonds. The van der Waals surface area contributed by atoms with Gasteiger partial charge in [0.1, 0.15) is 0 Å². The molecule has 1 unspecified atom stereocenters. The molecule has 28 heavy (non-hydrogen) atoms. The first kappa shape index (κ1) is 19.2. The molecule has 1 aromatic heterocycles. The van der Waals surface area contributed by atoms with E-state index in [4.69, 9.17) is 4.74 Å². The highest BCUT2D eigenvalue weighted by Crippen LogP contribution is 2.30. The maximum Gasteiger partial charge on any atom is 0.339 e. The molecule has 1 fully saturated rings. The first-order valence-corrected chi connectivity index (χ1v) is 10.9. The summed E-state index contributed by atoms with van der Waals surface area (Å²) in [4.78, 5) is 28.2. The number of ether oxygens (including phenoxy) is 1. The molecular formula is C22H26N2O3S. The maximum atomic E-state index is 12.4. The molecular weight excluding hydrogens is 372 g/mol. The highest BCUT2D eigenvalue weighted by Gasteiger charge is 2.25. The minimum atomic E-state index is -0.369. The van der Waals surface area contributed by atoms with Gasteiger partial charge in [0.15, 0.2) is 6.61 Å². The van der Waals surface area contributed by atoms with Gasteiger partial charge in [-0.25, -0.2) is 4.79 Å². The Hall–Kier alpha value is -2.18. The van der Waals surface area contributed by atoms with Crippen molar-refractivity contribution in [2.24, 2.45) is 0 Å². The first-order valence-electron chi connectivity index (χ1n) is 10.0. The molecule has 6 heteroatoms. The number of fused-ring (bicyclic) bond motifs is 1. The lowest BCUT2D eigenvalue weighted by molar-refractivity contribution is -0.124.